The van der Waals surface area contributed by atoms with Gasteiger partial charge >= 0.3 is 0 Å². The highest BCUT2D eigenvalue weighted by atomic mass is 16.5. The molecule has 0 saturated heterocycles. The maximum absolute atomic E-state index is 5.57. The van der Waals surface area contributed by atoms with Crippen LogP contribution in [-0.2, 0) is 11.3 Å². The maximum Gasteiger partial charge on any atom is 0.243 e. The van der Waals surface area contributed by atoms with Crippen LogP contribution >= 0.6 is 0 Å². The minimum Gasteiger partial charge on any atom is -0.497 e. The van der Waals surface area contributed by atoms with E-state index in [-0.39, 0.29) is 6.04 Å². The average Bonchev–Trinajstić information content (AvgIpc) is 3.24. The second kappa shape index (κ2) is 9.87. The van der Waals surface area contributed by atoms with E-state index >= 15 is 0 Å². The summed E-state index contributed by atoms with van der Waals surface area (Å²) in [5, 5.41) is 7.47. The summed E-state index contributed by atoms with van der Waals surface area (Å²) >= 11 is 0. The van der Waals surface area contributed by atoms with Gasteiger partial charge < -0.3 is 24.1 Å². The molecular weight excluding hydrogens is 358 g/mol. The first-order valence-corrected chi connectivity index (χ1v) is 9.11. The van der Waals surface area contributed by atoms with Crippen molar-refractivity contribution in [3.8, 4) is 22.9 Å². The van der Waals surface area contributed by atoms with Crippen LogP contribution in [0.4, 0.5) is 0 Å². The van der Waals surface area contributed by atoms with E-state index in [1.807, 2.05) is 55.5 Å². The maximum atomic E-state index is 5.57. The van der Waals surface area contributed by atoms with Crippen molar-refractivity contribution in [2.45, 2.75) is 19.5 Å². The second-order valence-electron chi connectivity index (χ2n) is 6.28. The SMILES string of the molecule is COCCOc1ccc(CNC(C)c2nc(-c3cccc(OC)c3)no2)cc1. The molecule has 0 aliphatic carbocycles. The third kappa shape index (κ3) is 5.31. The molecule has 7 heteroatoms. The van der Waals surface area contributed by atoms with Crippen molar-refractivity contribution >= 4 is 0 Å². The first-order chi connectivity index (χ1) is 13.7. The van der Waals surface area contributed by atoms with Gasteiger partial charge in [-0.1, -0.05) is 29.4 Å². The minimum atomic E-state index is -0.0792. The van der Waals surface area contributed by atoms with Crippen LogP contribution in [0, 0.1) is 0 Å². The molecule has 0 spiro atoms. The predicted octanol–water partition coefficient (Wildman–Crippen LogP) is 3.62. The molecule has 2 aromatic carbocycles. The van der Waals surface area contributed by atoms with Crippen LogP contribution in [0.5, 0.6) is 11.5 Å². The van der Waals surface area contributed by atoms with Gasteiger partial charge in [0.05, 0.1) is 19.8 Å². The Bertz CT molecular complexity index is 864. The molecule has 1 atom stereocenters. The van der Waals surface area contributed by atoms with Crippen LogP contribution in [0.3, 0.4) is 0 Å². The van der Waals surface area contributed by atoms with E-state index in [0.29, 0.717) is 31.5 Å². The monoisotopic (exact) mass is 383 g/mol. The van der Waals surface area contributed by atoms with E-state index in [1.54, 1.807) is 14.2 Å². The molecular formula is C21H25N3O4. The van der Waals surface area contributed by atoms with Crippen LogP contribution in [0.25, 0.3) is 11.4 Å². The summed E-state index contributed by atoms with van der Waals surface area (Å²) in [6, 6.07) is 15.4. The summed E-state index contributed by atoms with van der Waals surface area (Å²) in [7, 11) is 3.29. The van der Waals surface area contributed by atoms with Crippen LogP contribution in [0.15, 0.2) is 53.1 Å². The number of nitrogens with zero attached hydrogens (tertiary/aromatic N) is 2. The van der Waals surface area contributed by atoms with Crippen molar-refractivity contribution < 1.29 is 18.7 Å². The van der Waals surface area contributed by atoms with Gasteiger partial charge in [-0.25, -0.2) is 0 Å². The Morgan fingerprint density at radius 2 is 1.86 bits per heavy atom. The second-order valence-corrected chi connectivity index (χ2v) is 6.28. The van der Waals surface area contributed by atoms with Crippen LogP contribution in [0.1, 0.15) is 24.4 Å². The number of ether oxygens (including phenoxy) is 3. The van der Waals surface area contributed by atoms with E-state index in [2.05, 4.69) is 15.5 Å². The number of hydrogen-bond donors (Lipinski definition) is 1. The van der Waals surface area contributed by atoms with Gasteiger partial charge in [0.2, 0.25) is 11.7 Å². The predicted molar refractivity (Wildman–Crippen MR) is 105 cm³/mol. The topological polar surface area (TPSA) is 78.6 Å². The van der Waals surface area contributed by atoms with Crippen molar-refractivity contribution in [3.63, 3.8) is 0 Å². The van der Waals surface area contributed by atoms with Crippen LogP contribution in [0.2, 0.25) is 0 Å². The van der Waals surface area contributed by atoms with Crippen molar-refractivity contribution in [1.29, 1.82) is 0 Å². The smallest absolute Gasteiger partial charge is 0.243 e. The Hall–Kier alpha value is -2.90. The van der Waals surface area contributed by atoms with Crippen LogP contribution < -0.4 is 14.8 Å². The third-order valence-electron chi connectivity index (χ3n) is 4.23. The van der Waals surface area contributed by atoms with E-state index in [9.17, 15) is 0 Å². The molecule has 0 aliphatic rings. The first-order valence-electron chi connectivity index (χ1n) is 9.11. The highest BCUT2D eigenvalue weighted by molar-refractivity contribution is 5.56. The molecule has 0 aliphatic heterocycles. The summed E-state index contributed by atoms with van der Waals surface area (Å²) in [6.07, 6.45) is 0. The van der Waals surface area contributed by atoms with E-state index in [1.165, 1.54) is 0 Å². The van der Waals surface area contributed by atoms with Crippen molar-refractivity contribution in [1.82, 2.24) is 15.5 Å². The largest absolute Gasteiger partial charge is 0.497 e. The van der Waals surface area contributed by atoms with Gasteiger partial charge in [0, 0.05) is 19.2 Å². The lowest BCUT2D eigenvalue weighted by molar-refractivity contribution is 0.146. The van der Waals surface area contributed by atoms with Gasteiger partial charge in [0.15, 0.2) is 0 Å². The van der Waals surface area contributed by atoms with Gasteiger partial charge in [-0.2, -0.15) is 4.98 Å². The molecule has 1 aromatic heterocycles. The number of aromatic nitrogens is 2. The van der Waals surface area contributed by atoms with Crippen molar-refractivity contribution in [2.75, 3.05) is 27.4 Å². The summed E-state index contributed by atoms with van der Waals surface area (Å²) in [4.78, 5) is 4.50. The lowest BCUT2D eigenvalue weighted by Gasteiger charge is -2.10. The summed E-state index contributed by atoms with van der Waals surface area (Å²) in [6.45, 7) is 3.78. The zero-order valence-electron chi connectivity index (χ0n) is 16.3. The fraction of sp³-hybridized carbons (Fsp3) is 0.333. The first kappa shape index (κ1) is 19.9. The van der Waals surface area contributed by atoms with Crippen molar-refractivity contribution in [2.24, 2.45) is 0 Å². The molecule has 0 amide bonds. The van der Waals surface area contributed by atoms with Gasteiger partial charge in [-0.05, 0) is 36.8 Å². The number of rotatable bonds is 10. The Morgan fingerprint density at radius 1 is 1.04 bits per heavy atom. The zero-order chi connectivity index (χ0) is 19.8. The molecule has 3 rings (SSSR count). The Kier molecular flexibility index (Phi) is 7.00. The van der Waals surface area contributed by atoms with Crippen LogP contribution in [-0.4, -0.2) is 37.6 Å². The molecule has 0 saturated carbocycles. The molecule has 1 heterocycles. The van der Waals surface area contributed by atoms with E-state index < -0.39 is 0 Å². The number of hydrogen-bond acceptors (Lipinski definition) is 7. The third-order valence-corrected chi connectivity index (χ3v) is 4.23. The minimum absolute atomic E-state index is 0.0792. The summed E-state index contributed by atoms with van der Waals surface area (Å²) in [5.74, 6) is 2.66. The molecule has 28 heavy (non-hydrogen) atoms. The van der Waals surface area contributed by atoms with Gasteiger partial charge in [-0.15, -0.1) is 0 Å². The molecule has 3 aromatic rings. The number of benzene rings is 2. The van der Waals surface area contributed by atoms with Gasteiger partial charge in [0.1, 0.15) is 18.1 Å². The summed E-state index contributed by atoms with van der Waals surface area (Å²) in [5.41, 5.74) is 1.99. The quantitative estimate of drug-likeness (QED) is 0.536. The fourth-order valence-electron chi connectivity index (χ4n) is 2.60. The Morgan fingerprint density at radius 3 is 2.61 bits per heavy atom. The van der Waals surface area contributed by atoms with E-state index in [0.717, 1.165) is 22.6 Å². The number of methoxy groups -OCH3 is 2. The lowest BCUT2D eigenvalue weighted by atomic mass is 10.2. The molecule has 148 valence electrons. The van der Waals surface area contributed by atoms with Crippen molar-refractivity contribution in [3.05, 3.63) is 60.0 Å². The zero-order valence-corrected chi connectivity index (χ0v) is 16.3. The standard InChI is InChI=1S/C21H25N3O4/c1-15(22-14-16-7-9-18(10-8-16)27-12-11-25-2)21-23-20(24-28-21)17-5-4-6-19(13-17)26-3/h4-10,13,15,22H,11-12,14H2,1-3H3. The molecule has 0 fully saturated rings. The average molecular weight is 383 g/mol. The summed E-state index contributed by atoms with van der Waals surface area (Å²) < 4.78 is 21.2. The van der Waals surface area contributed by atoms with E-state index in [4.69, 9.17) is 18.7 Å². The highest BCUT2D eigenvalue weighted by Crippen LogP contribution is 2.23. The Labute approximate surface area is 164 Å². The molecule has 1 N–H and O–H groups in total. The molecule has 0 bridgehead atoms. The molecule has 1 unspecified atom stereocenters. The number of nitrogens with one attached hydrogen (secondary N) is 1. The Balaban J connectivity index is 1.55. The van der Waals surface area contributed by atoms with Gasteiger partial charge in [0.25, 0.3) is 0 Å². The fourth-order valence-corrected chi connectivity index (χ4v) is 2.60. The highest BCUT2D eigenvalue weighted by Gasteiger charge is 2.15. The molecule has 7 nitrogen and oxygen atoms in total. The lowest BCUT2D eigenvalue weighted by Crippen LogP contribution is -2.18. The van der Waals surface area contributed by atoms with Gasteiger partial charge in [-0.3, -0.25) is 0 Å². The molecule has 0 radical (unpaired) electrons. The normalized spacial score (nSPS) is 12.0.